The van der Waals surface area contributed by atoms with Crippen LogP contribution in [0.15, 0.2) is 53.0 Å². The summed E-state index contributed by atoms with van der Waals surface area (Å²) in [4.78, 5) is 11.9. The van der Waals surface area contributed by atoms with Gasteiger partial charge in [0, 0.05) is 4.47 Å². The molecule has 0 unspecified atom stereocenters. The van der Waals surface area contributed by atoms with E-state index in [0.717, 1.165) is 10.0 Å². The second-order valence-electron chi connectivity index (χ2n) is 4.56. The molecule has 0 spiro atoms. The summed E-state index contributed by atoms with van der Waals surface area (Å²) in [6, 6.07) is 14.8. The van der Waals surface area contributed by atoms with Crippen LogP contribution in [0.5, 0.6) is 5.75 Å². The zero-order valence-corrected chi connectivity index (χ0v) is 13.8. The zero-order chi connectivity index (χ0) is 15.2. The highest BCUT2D eigenvalue weighted by Gasteiger charge is 2.11. The number of amides is 1. The standard InChI is InChI=1S/C16H15BrClNO2/c1-11(12-5-4-6-13(17)9-12)19-16(20)10-21-15-8-3-2-7-14(15)18/h2-9,11H,10H2,1H3,(H,19,20)/t11-/m1/s1. The maximum absolute atomic E-state index is 11.9. The van der Waals surface area contributed by atoms with Crippen molar-refractivity contribution in [3.8, 4) is 5.75 Å². The number of hydrogen-bond donors (Lipinski definition) is 1. The Morgan fingerprint density at radius 2 is 2.05 bits per heavy atom. The van der Waals surface area contributed by atoms with Gasteiger partial charge in [0.15, 0.2) is 6.61 Å². The normalized spacial score (nSPS) is 11.8. The lowest BCUT2D eigenvalue weighted by Gasteiger charge is -2.15. The molecule has 2 aromatic rings. The third-order valence-corrected chi connectivity index (χ3v) is 3.73. The van der Waals surface area contributed by atoms with Crippen LogP contribution >= 0.6 is 27.5 Å². The first-order valence-electron chi connectivity index (χ1n) is 6.48. The van der Waals surface area contributed by atoms with E-state index in [4.69, 9.17) is 16.3 Å². The predicted octanol–water partition coefficient (Wildman–Crippen LogP) is 4.36. The number of ether oxygens (including phenoxy) is 1. The lowest BCUT2D eigenvalue weighted by atomic mass is 10.1. The second kappa shape index (κ2) is 7.48. The van der Waals surface area contributed by atoms with E-state index < -0.39 is 0 Å². The first kappa shape index (κ1) is 15.9. The van der Waals surface area contributed by atoms with E-state index in [-0.39, 0.29) is 18.6 Å². The fourth-order valence-corrected chi connectivity index (χ4v) is 2.45. The molecule has 0 aliphatic heterocycles. The minimum absolute atomic E-state index is 0.0674. The molecule has 1 amide bonds. The number of halogens is 2. The molecule has 0 radical (unpaired) electrons. The van der Waals surface area contributed by atoms with Gasteiger partial charge in [0.25, 0.3) is 5.91 Å². The molecule has 1 atom stereocenters. The van der Waals surface area contributed by atoms with E-state index in [1.165, 1.54) is 0 Å². The van der Waals surface area contributed by atoms with Crippen molar-refractivity contribution in [2.75, 3.05) is 6.61 Å². The molecule has 21 heavy (non-hydrogen) atoms. The molecule has 0 saturated carbocycles. The first-order chi connectivity index (χ1) is 10.1. The summed E-state index contributed by atoms with van der Waals surface area (Å²) in [5.41, 5.74) is 1.02. The molecule has 0 heterocycles. The SMILES string of the molecule is C[C@@H](NC(=O)COc1ccccc1Cl)c1cccc(Br)c1. The van der Waals surface area contributed by atoms with Gasteiger partial charge >= 0.3 is 0 Å². The summed E-state index contributed by atoms with van der Waals surface area (Å²) < 4.78 is 6.39. The van der Waals surface area contributed by atoms with Gasteiger partial charge in [-0.3, -0.25) is 4.79 Å². The van der Waals surface area contributed by atoms with Crippen molar-refractivity contribution >= 4 is 33.4 Å². The van der Waals surface area contributed by atoms with Crippen LogP contribution in [0.4, 0.5) is 0 Å². The Balaban J connectivity index is 1.89. The number of carbonyl (C=O) groups excluding carboxylic acids is 1. The number of para-hydroxylation sites is 1. The van der Waals surface area contributed by atoms with Crippen molar-refractivity contribution in [2.45, 2.75) is 13.0 Å². The molecular weight excluding hydrogens is 354 g/mol. The first-order valence-corrected chi connectivity index (χ1v) is 7.65. The van der Waals surface area contributed by atoms with E-state index >= 15 is 0 Å². The quantitative estimate of drug-likeness (QED) is 0.851. The van der Waals surface area contributed by atoms with Gasteiger partial charge in [-0.15, -0.1) is 0 Å². The van der Waals surface area contributed by atoms with Gasteiger partial charge in [-0.1, -0.05) is 51.8 Å². The third-order valence-electron chi connectivity index (χ3n) is 2.92. The van der Waals surface area contributed by atoms with E-state index in [0.29, 0.717) is 10.8 Å². The summed E-state index contributed by atoms with van der Waals surface area (Å²) in [6.07, 6.45) is 0. The average molecular weight is 369 g/mol. The van der Waals surface area contributed by atoms with Crippen LogP contribution in [0.1, 0.15) is 18.5 Å². The largest absolute Gasteiger partial charge is 0.482 e. The average Bonchev–Trinajstić information content (AvgIpc) is 2.46. The van der Waals surface area contributed by atoms with Crippen LogP contribution in [0.3, 0.4) is 0 Å². The van der Waals surface area contributed by atoms with Gasteiger partial charge in [-0.2, -0.15) is 0 Å². The third kappa shape index (κ3) is 4.76. The number of carbonyl (C=O) groups is 1. The second-order valence-corrected chi connectivity index (χ2v) is 5.89. The van der Waals surface area contributed by atoms with Gasteiger partial charge in [-0.25, -0.2) is 0 Å². The molecule has 5 heteroatoms. The molecule has 0 fully saturated rings. The highest BCUT2D eigenvalue weighted by Crippen LogP contribution is 2.23. The molecule has 0 aliphatic carbocycles. The van der Waals surface area contributed by atoms with E-state index in [1.54, 1.807) is 12.1 Å². The van der Waals surface area contributed by atoms with Crippen molar-refractivity contribution < 1.29 is 9.53 Å². The van der Waals surface area contributed by atoms with Crippen molar-refractivity contribution in [1.82, 2.24) is 5.32 Å². The molecule has 0 aromatic heterocycles. The number of benzene rings is 2. The Kier molecular flexibility index (Phi) is 5.65. The Morgan fingerprint density at radius 1 is 1.29 bits per heavy atom. The lowest BCUT2D eigenvalue weighted by Crippen LogP contribution is -2.31. The van der Waals surface area contributed by atoms with Crippen LogP contribution < -0.4 is 10.1 Å². The van der Waals surface area contributed by atoms with Crippen molar-refractivity contribution in [1.29, 1.82) is 0 Å². The van der Waals surface area contributed by atoms with Gasteiger partial charge < -0.3 is 10.1 Å². The molecule has 110 valence electrons. The topological polar surface area (TPSA) is 38.3 Å². The molecule has 2 aromatic carbocycles. The van der Waals surface area contributed by atoms with Gasteiger partial charge in [-0.05, 0) is 36.8 Å². The Bertz CT molecular complexity index is 633. The fourth-order valence-electron chi connectivity index (χ4n) is 1.85. The fraction of sp³-hybridized carbons (Fsp3) is 0.188. The van der Waals surface area contributed by atoms with E-state index in [9.17, 15) is 4.79 Å². The minimum atomic E-state index is -0.192. The maximum atomic E-state index is 11.9. The minimum Gasteiger partial charge on any atom is -0.482 e. The Morgan fingerprint density at radius 3 is 2.76 bits per heavy atom. The predicted molar refractivity (Wildman–Crippen MR) is 87.6 cm³/mol. The van der Waals surface area contributed by atoms with Crippen LogP contribution in [0.2, 0.25) is 5.02 Å². The molecule has 0 aliphatic rings. The maximum Gasteiger partial charge on any atom is 0.258 e. The Hall–Kier alpha value is -1.52. The summed E-state index contributed by atoms with van der Waals surface area (Å²) in [6.45, 7) is 1.86. The van der Waals surface area contributed by atoms with Crippen LogP contribution in [0, 0.1) is 0 Å². The van der Waals surface area contributed by atoms with E-state index in [2.05, 4.69) is 21.2 Å². The molecule has 3 nitrogen and oxygen atoms in total. The summed E-state index contributed by atoms with van der Waals surface area (Å²) in [5.74, 6) is 0.312. The molecule has 0 saturated heterocycles. The number of nitrogens with one attached hydrogen (secondary N) is 1. The smallest absolute Gasteiger partial charge is 0.258 e. The van der Waals surface area contributed by atoms with Crippen LogP contribution in [-0.2, 0) is 4.79 Å². The monoisotopic (exact) mass is 367 g/mol. The zero-order valence-electron chi connectivity index (χ0n) is 11.5. The van der Waals surface area contributed by atoms with Crippen molar-refractivity contribution in [3.63, 3.8) is 0 Å². The number of hydrogen-bond acceptors (Lipinski definition) is 2. The van der Waals surface area contributed by atoms with Gasteiger partial charge in [0.05, 0.1) is 11.1 Å². The summed E-state index contributed by atoms with van der Waals surface area (Å²) in [5, 5.41) is 3.38. The molecular formula is C16H15BrClNO2. The summed E-state index contributed by atoms with van der Waals surface area (Å²) in [7, 11) is 0. The van der Waals surface area contributed by atoms with Gasteiger partial charge in [0.2, 0.25) is 0 Å². The van der Waals surface area contributed by atoms with E-state index in [1.807, 2.05) is 43.3 Å². The highest BCUT2D eigenvalue weighted by atomic mass is 79.9. The highest BCUT2D eigenvalue weighted by molar-refractivity contribution is 9.10. The van der Waals surface area contributed by atoms with Crippen molar-refractivity contribution in [3.05, 3.63) is 63.6 Å². The summed E-state index contributed by atoms with van der Waals surface area (Å²) >= 11 is 9.38. The number of rotatable bonds is 5. The van der Waals surface area contributed by atoms with Crippen LogP contribution in [0.25, 0.3) is 0 Å². The molecule has 2 rings (SSSR count). The lowest BCUT2D eigenvalue weighted by molar-refractivity contribution is -0.123. The van der Waals surface area contributed by atoms with Crippen molar-refractivity contribution in [2.24, 2.45) is 0 Å². The van der Waals surface area contributed by atoms with Gasteiger partial charge in [0.1, 0.15) is 5.75 Å². The molecule has 0 bridgehead atoms. The molecule has 1 N–H and O–H groups in total. The van der Waals surface area contributed by atoms with Crippen LogP contribution in [-0.4, -0.2) is 12.5 Å². The Labute approximate surface area is 137 Å².